The lowest BCUT2D eigenvalue weighted by Gasteiger charge is -2.30. The second-order valence-corrected chi connectivity index (χ2v) is 7.64. The van der Waals surface area contributed by atoms with Crippen molar-refractivity contribution in [3.63, 3.8) is 0 Å². The average molecular weight is 354 g/mol. The molecule has 1 fully saturated rings. The molecule has 26 heavy (non-hydrogen) atoms. The van der Waals surface area contributed by atoms with E-state index >= 15 is 0 Å². The number of phenols is 2. The van der Waals surface area contributed by atoms with Gasteiger partial charge in [0.15, 0.2) is 0 Å². The van der Waals surface area contributed by atoms with E-state index in [-0.39, 0.29) is 0 Å². The molecule has 0 amide bonds. The van der Waals surface area contributed by atoms with E-state index in [1.165, 1.54) is 49.8 Å². The summed E-state index contributed by atoms with van der Waals surface area (Å²) in [6.45, 7) is 3.25. The van der Waals surface area contributed by atoms with E-state index in [9.17, 15) is 10.2 Å². The van der Waals surface area contributed by atoms with Crippen molar-refractivity contribution in [2.75, 3.05) is 19.6 Å². The molecule has 0 radical (unpaired) electrons. The zero-order valence-corrected chi connectivity index (χ0v) is 15.6. The van der Waals surface area contributed by atoms with Gasteiger partial charge in [-0.2, -0.15) is 0 Å². The van der Waals surface area contributed by atoms with Crippen molar-refractivity contribution in [2.24, 2.45) is 5.92 Å². The van der Waals surface area contributed by atoms with Crippen LogP contribution in [0.15, 0.2) is 48.5 Å². The van der Waals surface area contributed by atoms with Gasteiger partial charge in [-0.3, -0.25) is 0 Å². The predicted molar refractivity (Wildman–Crippen MR) is 107 cm³/mol. The van der Waals surface area contributed by atoms with Crippen molar-refractivity contribution in [3.8, 4) is 11.5 Å². The fraction of sp³-hybridized carbons (Fsp3) is 0.478. The number of nitrogens with zero attached hydrogens (tertiary/aromatic N) is 1. The standard InChI is InChI=1S/C23H31NO2/c25-22-11-9-19(10-12-22)13-15-24(18-21-5-2-1-3-6-21)16-14-20-7-4-8-23(26)17-20/h4,7-12,17,21,25-26H,1-3,5-6,13-16,18H2. The lowest BCUT2D eigenvalue weighted by molar-refractivity contribution is 0.204. The van der Waals surface area contributed by atoms with E-state index in [1.54, 1.807) is 18.2 Å². The maximum absolute atomic E-state index is 9.68. The van der Waals surface area contributed by atoms with Gasteiger partial charge in [-0.15, -0.1) is 0 Å². The molecule has 1 aliphatic carbocycles. The smallest absolute Gasteiger partial charge is 0.115 e. The first-order valence-corrected chi connectivity index (χ1v) is 9.97. The molecule has 0 unspecified atom stereocenters. The van der Waals surface area contributed by atoms with Crippen LogP contribution in [0.3, 0.4) is 0 Å². The Hall–Kier alpha value is -2.00. The lowest BCUT2D eigenvalue weighted by atomic mass is 9.89. The Balaban J connectivity index is 1.57. The number of aromatic hydroxyl groups is 2. The molecule has 0 bridgehead atoms. The number of hydrogen-bond acceptors (Lipinski definition) is 3. The first-order chi connectivity index (χ1) is 12.7. The van der Waals surface area contributed by atoms with Crippen molar-refractivity contribution in [2.45, 2.75) is 44.9 Å². The Labute approximate surface area is 157 Å². The van der Waals surface area contributed by atoms with Crippen molar-refractivity contribution in [1.29, 1.82) is 0 Å². The quantitative estimate of drug-likeness (QED) is 0.719. The van der Waals surface area contributed by atoms with Gasteiger partial charge in [-0.05, 0) is 67.0 Å². The molecule has 0 aromatic heterocycles. The fourth-order valence-electron chi connectivity index (χ4n) is 3.98. The summed E-state index contributed by atoms with van der Waals surface area (Å²) < 4.78 is 0. The van der Waals surface area contributed by atoms with Gasteiger partial charge in [0.05, 0.1) is 0 Å². The minimum Gasteiger partial charge on any atom is -0.508 e. The third-order valence-electron chi connectivity index (χ3n) is 5.52. The summed E-state index contributed by atoms with van der Waals surface area (Å²) in [5.41, 5.74) is 2.47. The first-order valence-electron chi connectivity index (χ1n) is 9.97. The number of benzene rings is 2. The highest BCUT2D eigenvalue weighted by Crippen LogP contribution is 2.25. The van der Waals surface area contributed by atoms with E-state index in [2.05, 4.69) is 11.0 Å². The van der Waals surface area contributed by atoms with Crippen molar-refractivity contribution >= 4 is 0 Å². The minimum absolute atomic E-state index is 0.330. The summed E-state index contributed by atoms with van der Waals surface area (Å²) in [4.78, 5) is 2.59. The second kappa shape index (κ2) is 9.63. The van der Waals surface area contributed by atoms with Gasteiger partial charge in [-0.1, -0.05) is 43.5 Å². The van der Waals surface area contributed by atoms with Crippen LogP contribution < -0.4 is 0 Å². The van der Waals surface area contributed by atoms with E-state index in [1.807, 2.05) is 24.3 Å². The van der Waals surface area contributed by atoms with Gasteiger partial charge >= 0.3 is 0 Å². The molecule has 0 saturated heterocycles. The number of phenolic OH excluding ortho intramolecular Hbond substituents is 2. The summed E-state index contributed by atoms with van der Waals surface area (Å²) in [5, 5.41) is 19.1. The molecule has 3 rings (SSSR count). The van der Waals surface area contributed by atoms with Crippen LogP contribution in [0.25, 0.3) is 0 Å². The van der Waals surface area contributed by atoms with Crippen LogP contribution in [-0.4, -0.2) is 34.7 Å². The van der Waals surface area contributed by atoms with Crippen LogP contribution in [0.5, 0.6) is 11.5 Å². The Bertz CT molecular complexity index is 662. The highest BCUT2D eigenvalue weighted by Gasteiger charge is 2.17. The van der Waals surface area contributed by atoms with Crippen molar-refractivity contribution in [1.82, 2.24) is 4.90 Å². The molecule has 3 heteroatoms. The van der Waals surface area contributed by atoms with Gasteiger partial charge in [0.2, 0.25) is 0 Å². The molecule has 3 nitrogen and oxygen atoms in total. The third kappa shape index (κ3) is 6.06. The normalized spacial score (nSPS) is 15.4. The average Bonchev–Trinajstić information content (AvgIpc) is 2.66. The van der Waals surface area contributed by atoms with Gasteiger partial charge in [0.1, 0.15) is 11.5 Å². The second-order valence-electron chi connectivity index (χ2n) is 7.64. The molecular formula is C23H31NO2. The summed E-state index contributed by atoms with van der Waals surface area (Å²) >= 11 is 0. The molecule has 0 aliphatic heterocycles. The SMILES string of the molecule is Oc1ccc(CCN(CCc2cccc(O)c2)CC2CCCCC2)cc1. The summed E-state index contributed by atoms with van der Waals surface area (Å²) in [7, 11) is 0. The van der Waals surface area contributed by atoms with Crippen LogP contribution in [0.4, 0.5) is 0 Å². The third-order valence-corrected chi connectivity index (χ3v) is 5.52. The van der Waals surface area contributed by atoms with E-state index in [4.69, 9.17) is 0 Å². The summed E-state index contributed by atoms with van der Waals surface area (Å²) in [6, 6.07) is 15.2. The maximum atomic E-state index is 9.68. The monoisotopic (exact) mass is 353 g/mol. The minimum atomic E-state index is 0.330. The van der Waals surface area contributed by atoms with Crippen LogP contribution in [0, 0.1) is 5.92 Å². The Kier molecular flexibility index (Phi) is 6.96. The fourth-order valence-corrected chi connectivity index (χ4v) is 3.98. The Morgan fingerprint density at radius 2 is 1.46 bits per heavy atom. The van der Waals surface area contributed by atoms with Crippen molar-refractivity contribution in [3.05, 3.63) is 59.7 Å². The summed E-state index contributed by atoms with van der Waals surface area (Å²) in [5.74, 6) is 1.51. The molecule has 2 aromatic carbocycles. The van der Waals surface area contributed by atoms with Gasteiger partial charge in [0.25, 0.3) is 0 Å². The molecular weight excluding hydrogens is 322 g/mol. The Morgan fingerprint density at radius 3 is 2.15 bits per heavy atom. The molecule has 1 saturated carbocycles. The van der Waals surface area contributed by atoms with Crippen LogP contribution in [0.1, 0.15) is 43.2 Å². The highest BCUT2D eigenvalue weighted by atomic mass is 16.3. The largest absolute Gasteiger partial charge is 0.508 e. The molecule has 0 heterocycles. The van der Waals surface area contributed by atoms with Crippen LogP contribution in [0.2, 0.25) is 0 Å². The van der Waals surface area contributed by atoms with E-state index in [0.29, 0.717) is 11.5 Å². The van der Waals surface area contributed by atoms with Gasteiger partial charge in [0, 0.05) is 19.6 Å². The molecule has 1 aliphatic rings. The molecule has 2 N–H and O–H groups in total. The van der Waals surface area contributed by atoms with E-state index in [0.717, 1.165) is 31.8 Å². The topological polar surface area (TPSA) is 43.7 Å². The molecule has 140 valence electrons. The van der Waals surface area contributed by atoms with Crippen molar-refractivity contribution < 1.29 is 10.2 Å². The van der Waals surface area contributed by atoms with Crippen LogP contribution in [-0.2, 0) is 12.8 Å². The zero-order valence-electron chi connectivity index (χ0n) is 15.6. The van der Waals surface area contributed by atoms with Gasteiger partial charge < -0.3 is 15.1 Å². The number of rotatable bonds is 8. The molecule has 0 spiro atoms. The Morgan fingerprint density at radius 1 is 0.769 bits per heavy atom. The molecule has 2 aromatic rings. The van der Waals surface area contributed by atoms with Gasteiger partial charge in [-0.25, -0.2) is 0 Å². The zero-order chi connectivity index (χ0) is 18.2. The van der Waals surface area contributed by atoms with Crippen LogP contribution >= 0.6 is 0 Å². The predicted octanol–water partition coefficient (Wildman–Crippen LogP) is 4.77. The van der Waals surface area contributed by atoms with E-state index < -0.39 is 0 Å². The maximum Gasteiger partial charge on any atom is 0.115 e. The first kappa shape index (κ1) is 18.8. The highest BCUT2D eigenvalue weighted by molar-refractivity contribution is 5.27. The summed E-state index contributed by atoms with van der Waals surface area (Å²) in [6.07, 6.45) is 8.85. The molecule has 0 atom stereocenters. The lowest BCUT2D eigenvalue weighted by Crippen LogP contribution is -2.34. The number of hydrogen-bond donors (Lipinski definition) is 2.